The first-order valence-electron chi connectivity index (χ1n) is 9.77. The van der Waals surface area contributed by atoms with Crippen LogP contribution in [0.3, 0.4) is 0 Å². The smallest absolute Gasteiger partial charge is 0.194 e. The molecule has 0 aliphatic carbocycles. The van der Waals surface area contributed by atoms with Crippen LogP contribution < -0.4 is 5.32 Å². The normalized spacial score (nSPS) is 15.8. The van der Waals surface area contributed by atoms with Gasteiger partial charge in [0, 0.05) is 24.5 Å². The van der Waals surface area contributed by atoms with Crippen LogP contribution in [0.4, 0.5) is 5.69 Å². The third-order valence-corrected chi connectivity index (χ3v) is 5.42. The first-order valence-corrected chi connectivity index (χ1v) is 10.2. The maximum atomic E-state index is 5.75. The van der Waals surface area contributed by atoms with Gasteiger partial charge >= 0.3 is 0 Å². The van der Waals surface area contributed by atoms with Crippen LogP contribution in [0.25, 0.3) is 11.0 Å². The van der Waals surface area contributed by atoms with Crippen molar-refractivity contribution in [2.45, 2.75) is 12.5 Å². The lowest BCUT2D eigenvalue weighted by Crippen LogP contribution is -2.31. The summed E-state index contributed by atoms with van der Waals surface area (Å²) in [5.41, 5.74) is 5.90. The van der Waals surface area contributed by atoms with Crippen LogP contribution in [0.1, 0.15) is 23.6 Å². The molecule has 5 rings (SSSR count). The van der Waals surface area contributed by atoms with E-state index >= 15 is 0 Å². The summed E-state index contributed by atoms with van der Waals surface area (Å²) < 4.78 is 0. The SMILES string of the molecule is S=C(Nc1ccccc1)N1N=C(c2ccccc2)CC1c1ccc2nccnc2c1. The highest BCUT2D eigenvalue weighted by Crippen LogP contribution is 2.34. The average molecular weight is 410 g/mol. The van der Waals surface area contributed by atoms with E-state index in [0.717, 1.165) is 40.0 Å². The molecule has 0 spiro atoms. The van der Waals surface area contributed by atoms with Gasteiger partial charge in [-0.3, -0.25) is 9.97 Å². The third-order valence-electron chi connectivity index (χ3n) is 5.13. The first kappa shape index (κ1) is 18.4. The fourth-order valence-electron chi connectivity index (χ4n) is 3.65. The number of nitrogens with one attached hydrogen (secondary N) is 1. The van der Waals surface area contributed by atoms with Gasteiger partial charge in [0.25, 0.3) is 0 Å². The fourth-order valence-corrected chi connectivity index (χ4v) is 3.94. The molecule has 2 heterocycles. The summed E-state index contributed by atoms with van der Waals surface area (Å²) in [4.78, 5) is 8.84. The summed E-state index contributed by atoms with van der Waals surface area (Å²) in [6.07, 6.45) is 4.18. The molecule has 6 heteroatoms. The Balaban J connectivity index is 1.51. The zero-order chi connectivity index (χ0) is 20.3. The zero-order valence-corrected chi connectivity index (χ0v) is 17.0. The molecule has 1 aliphatic rings. The second kappa shape index (κ2) is 8.00. The minimum atomic E-state index is -0.0182. The average Bonchev–Trinajstić information content (AvgIpc) is 3.26. The van der Waals surface area contributed by atoms with Gasteiger partial charge in [-0.1, -0.05) is 54.6 Å². The number of hydrazone groups is 1. The summed E-state index contributed by atoms with van der Waals surface area (Å²) in [5, 5.41) is 10.7. The van der Waals surface area contributed by atoms with Crippen molar-refractivity contribution >= 4 is 39.8 Å². The lowest BCUT2D eigenvalue weighted by Gasteiger charge is -2.25. The van der Waals surface area contributed by atoms with Crippen molar-refractivity contribution < 1.29 is 0 Å². The van der Waals surface area contributed by atoms with E-state index in [1.165, 1.54) is 0 Å². The molecule has 1 atom stereocenters. The Hall–Kier alpha value is -3.64. The van der Waals surface area contributed by atoms with Crippen LogP contribution in [0.5, 0.6) is 0 Å². The molecular formula is C24H19N5S. The number of benzene rings is 3. The fraction of sp³-hybridized carbons (Fsp3) is 0.0833. The number of nitrogens with zero attached hydrogens (tertiary/aromatic N) is 4. The number of anilines is 1. The van der Waals surface area contributed by atoms with Crippen LogP contribution >= 0.6 is 12.2 Å². The lowest BCUT2D eigenvalue weighted by molar-refractivity contribution is 0.376. The van der Waals surface area contributed by atoms with Gasteiger partial charge in [-0.15, -0.1) is 0 Å². The molecule has 3 aromatic carbocycles. The minimum absolute atomic E-state index is 0.0182. The molecule has 0 fully saturated rings. The Morgan fingerprint density at radius 3 is 2.33 bits per heavy atom. The number of hydrogen-bond acceptors (Lipinski definition) is 4. The number of thiocarbonyl (C=S) groups is 1. The Labute approximate surface area is 180 Å². The van der Waals surface area contributed by atoms with Gasteiger partial charge in [-0.05, 0) is 47.6 Å². The standard InChI is InChI=1S/C24H19N5S/c30-24(27-19-9-5-2-6-10-19)29-23(16-21(28-29)17-7-3-1-4-8-17)18-11-12-20-22(15-18)26-14-13-25-20/h1-15,23H,16H2,(H,27,30). The third kappa shape index (κ3) is 3.65. The van der Waals surface area contributed by atoms with Gasteiger partial charge in [0.05, 0.1) is 22.8 Å². The number of hydrogen-bond donors (Lipinski definition) is 1. The molecule has 5 nitrogen and oxygen atoms in total. The number of para-hydroxylation sites is 1. The Morgan fingerprint density at radius 2 is 1.57 bits per heavy atom. The van der Waals surface area contributed by atoms with Gasteiger partial charge < -0.3 is 5.32 Å². The molecule has 0 radical (unpaired) electrons. The van der Waals surface area contributed by atoms with Crippen molar-refractivity contribution in [3.8, 4) is 0 Å². The highest BCUT2D eigenvalue weighted by atomic mass is 32.1. The van der Waals surface area contributed by atoms with E-state index < -0.39 is 0 Å². The zero-order valence-electron chi connectivity index (χ0n) is 16.1. The molecule has 0 saturated heterocycles. The topological polar surface area (TPSA) is 53.4 Å². The van der Waals surface area contributed by atoms with Gasteiger partial charge in [-0.2, -0.15) is 5.10 Å². The van der Waals surface area contributed by atoms with E-state index in [9.17, 15) is 0 Å². The van der Waals surface area contributed by atoms with E-state index in [1.807, 2.05) is 59.6 Å². The summed E-state index contributed by atoms with van der Waals surface area (Å²) >= 11 is 5.75. The highest BCUT2D eigenvalue weighted by molar-refractivity contribution is 7.80. The lowest BCUT2D eigenvalue weighted by atomic mass is 9.98. The van der Waals surface area contributed by atoms with E-state index in [-0.39, 0.29) is 6.04 Å². The van der Waals surface area contributed by atoms with Gasteiger partial charge in [0.2, 0.25) is 0 Å². The van der Waals surface area contributed by atoms with Crippen LogP contribution in [-0.2, 0) is 0 Å². The molecule has 0 saturated carbocycles. The second-order valence-electron chi connectivity index (χ2n) is 7.08. The summed E-state index contributed by atoms with van der Waals surface area (Å²) in [6.45, 7) is 0. The minimum Gasteiger partial charge on any atom is -0.331 e. The highest BCUT2D eigenvalue weighted by Gasteiger charge is 2.31. The first-order chi connectivity index (χ1) is 14.8. The van der Waals surface area contributed by atoms with Gasteiger partial charge in [0.1, 0.15) is 0 Å². The van der Waals surface area contributed by atoms with E-state index in [1.54, 1.807) is 12.4 Å². The van der Waals surface area contributed by atoms with Gasteiger partial charge in [-0.25, -0.2) is 5.01 Å². The monoisotopic (exact) mass is 409 g/mol. The molecular weight excluding hydrogens is 390 g/mol. The van der Waals surface area contributed by atoms with E-state index in [4.69, 9.17) is 17.3 Å². The Kier molecular flexibility index (Phi) is 4.91. The predicted octanol–water partition coefficient (Wildman–Crippen LogP) is 5.18. The number of rotatable bonds is 3. The summed E-state index contributed by atoms with van der Waals surface area (Å²) in [6, 6.07) is 26.3. The van der Waals surface area contributed by atoms with Crippen LogP contribution in [-0.4, -0.2) is 25.8 Å². The quantitative estimate of drug-likeness (QED) is 0.473. The van der Waals surface area contributed by atoms with Gasteiger partial charge in [0.15, 0.2) is 5.11 Å². The largest absolute Gasteiger partial charge is 0.331 e. The Morgan fingerprint density at radius 1 is 0.867 bits per heavy atom. The van der Waals surface area contributed by atoms with Crippen molar-refractivity contribution in [1.29, 1.82) is 0 Å². The molecule has 0 bridgehead atoms. The summed E-state index contributed by atoms with van der Waals surface area (Å²) in [5.74, 6) is 0. The van der Waals surface area contributed by atoms with Crippen molar-refractivity contribution in [3.63, 3.8) is 0 Å². The molecule has 1 unspecified atom stereocenters. The molecule has 0 amide bonds. The molecule has 1 aliphatic heterocycles. The van der Waals surface area contributed by atoms with Crippen molar-refractivity contribution in [2.75, 3.05) is 5.32 Å². The van der Waals surface area contributed by atoms with E-state index in [2.05, 4.69) is 39.6 Å². The van der Waals surface area contributed by atoms with E-state index in [0.29, 0.717) is 5.11 Å². The van der Waals surface area contributed by atoms with Crippen LogP contribution in [0, 0.1) is 0 Å². The van der Waals surface area contributed by atoms with Crippen molar-refractivity contribution in [3.05, 3.63) is 102 Å². The predicted molar refractivity (Wildman–Crippen MR) is 124 cm³/mol. The maximum Gasteiger partial charge on any atom is 0.194 e. The molecule has 1 N–H and O–H groups in total. The van der Waals surface area contributed by atoms with Crippen molar-refractivity contribution in [2.24, 2.45) is 5.10 Å². The second-order valence-corrected chi connectivity index (χ2v) is 7.46. The number of fused-ring (bicyclic) bond motifs is 1. The van der Waals surface area contributed by atoms with Crippen LogP contribution in [0.2, 0.25) is 0 Å². The maximum absolute atomic E-state index is 5.75. The summed E-state index contributed by atoms with van der Waals surface area (Å²) in [7, 11) is 0. The van der Waals surface area contributed by atoms with Crippen molar-refractivity contribution in [1.82, 2.24) is 15.0 Å². The molecule has 1 aromatic heterocycles. The molecule has 30 heavy (non-hydrogen) atoms. The number of aromatic nitrogens is 2. The van der Waals surface area contributed by atoms with Crippen LogP contribution in [0.15, 0.2) is 96.4 Å². The molecule has 4 aromatic rings. The Bertz CT molecular complexity index is 1220. The molecule has 146 valence electrons.